The van der Waals surface area contributed by atoms with Crippen molar-refractivity contribution in [2.75, 3.05) is 6.54 Å². The zero-order valence-corrected chi connectivity index (χ0v) is 9.42. The summed E-state index contributed by atoms with van der Waals surface area (Å²) in [6.45, 7) is 1.38. The SMILES string of the molecule is CC(Cl)C(=O)NCC(=O)c1ccc(F)cc1. The maximum atomic E-state index is 12.6. The predicted octanol–water partition coefficient (Wildman–Crippen LogP) is 1.75. The van der Waals surface area contributed by atoms with E-state index in [2.05, 4.69) is 5.32 Å². The Bertz CT molecular complexity index is 389. The molecule has 1 rings (SSSR count). The van der Waals surface area contributed by atoms with Crippen LogP contribution in [0.15, 0.2) is 24.3 Å². The highest BCUT2D eigenvalue weighted by molar-refractivity contribution is 6.30. The maximum absolute atomic E-state index is 12.6. The summed E-state index contributed by atoms with van der Waals surface area (Å²) in [7, 11) is 0. The number of benzene rings is 1. The Morgan fingerprint density at radius 1 is 1.38 bits per heavy atom. The molecular formula is C11H11ClFNO2. The molecule has 0 aliphatic heterocycles. The molecule has 0 aliphatic carbocycles. The summed E-state index contributed by atoms with van der Waals surface area (Å²) in [5.41, 5.74) is 0.351. The van der Waals surface area contributed by atoms with Crippen LogP contribution in [0.25, 0.3) is 0 Å². The van der Waals surface area contributed by atoms with Crippen LogP contribution in [0.1, 0.15) is 17.3 Å². The fourth-order valence-electron chi connectivity index (χ4n) is 1.05. The number of amides is 1. The van der Waals surface area contributed by atoms with Gasteiger partial charge in [-0.05, 0) is 31.2 Å². The van der Waals surface area contributed by atoms with E-state index in [1.54, 1.807) is 0 Å². The Labute approximate surface area is 97.6 Å². The van der Waals surface area contributed by atoms with Crippen LogP contribution < -0.4 is 5.32 Å². The standard InChI is InChI=1S/C11H11ClFNO2/c1-7(12)11(16)14-6-10(15)8-2-4-9(13)5-3-8/h2-5,7H,6H2,1H3,(H,14,16). The smallest absolute Gasteiger partial charge is 0.238 e. The van der Waals surface area contributed by atoms with E-state index in [9.17, 15) is 14.0 Å². The molecule has 16 heavy (non-hydrogen) atoms. The van der Waals surface area contributed by atoms with Crippen molar-refractivity contribution in [2.45, 2.75) is 12.3 Å². The van der Waals surface area contributed by atoms with E-state index < -0.39 is 17.1 Å². The van der Waals surface area contributed by atoms with E-state index in [0.717, 1.165) is 0 Å². The average Bonchev–Trinajstić information content (AvgIpc) is 2.26. The lowest BCUT2D eigenvalue weighted by atomic mass is 10.1. The Morgan fingerprint density at radius 2 is 1.94 bits per heavy atom. The average molecular weight is 244 g/mol. The molecule has 1 unspecified atom stereocenters. The lowest BCUT2D eigenvalue weighted by Gasteiger charge is -2.05. The van der Waals surface area contributed by atoms with Gasteiger partial charge in [-0.15, -0.1) is 11.6 Å². The van der Waals surface area contributed by atoms with Crippen molar-refractivity contribution < 1.29 is 14.0 Å². The maximum Gasteiger partial charge on any atom is 0.238 e. The summed E-state index contributed by atoms with van der Waals surface area (Å²) in [6, 6.07) is 5.13. The lowest BCUT2D eigenvalue weighted by Crippen LogP contribution is -2.34. The first-order chi connectivity index (χ1) is 7.50. The molecule has 0 bridgehead atoms. The summed E-state index contributed by atoms with van der Waals surface area (Å²) in [6.07, 6.45) is 0. The Hall–Kier alpha value is -1.42. The van der Waals surface area contributed by atoms with Gasteiger partial charge in [0.25, 0.3) is 0 Å². The van der Waals surface area contributed by atoms with Crippen molar-refractivity contribution in [3.8, 4) is 0 Å². The molecule has 0 aromatic heterocycles. The monoisotopic (exact) mass is 243 g/mol. The molecule has 1 aromatic carbocycles. The van der Waals surface area contributed by atoms with Gasteiger partial charge in [-0.3, -0.25) is 9.59 Å². The molecule has 0 fully saturated rings. The summed E-state index contributed by atoms with van der Waals surface area (Å²) in [5.74, 6) is -1.10. The molecule has 1 aromatic rings. The van der Waals surface area contributed by atoms with Gasteiger partial charge >= 0.3 is 0 Å². The topological polar surface area (TPSA) is 46.2 Å². The van der Waals surface area contributed by atoms with E-state index in [4.69, 9.17) is 11.6 Å². The molecule has 0 radical (unpaired) electrons. The summed E-state index contributed by atoms with van der Waals surface area (Å²) in [5, 5.41) is 1.70. The number of nitrogens with one attached hydrogen (secondary N) is 1. The number of Topliss-reactive ketones (excluding diaryl/α,β-unsaturated/α-hetero) is 1. The number of carbonyl (C=O) groups is 2. The van der Waals surface area contributed by atoms with Crippen molar-refractivity contribution >= 4 is 23.3 Å². The van der Waals surface area contributed by atoms with Crippen molar-refractivity contribution in [3.63, 3.8) is 0 Å². The molecule has 0 spiro atoms. The molecule has 0 heterocycles. The van der Waals surface area contributed by atoms with Gasteiger partial charge < -0.3 is 5.32 Å². The quantitative estimate of drug-likeness (QED) is 0.647. The van der Waals surface area contributed by atoms with Gasteiger partial charge in [0.2, 0.25) is 5.91 Å². The second-order valence-corrected chi connectivity index (χ2v) is 3.92. The van der Waals surface area contributed by atoms with Gasteiger partial charge in [-0.25, -0.2) is 4.39 Å². The lowest BCUT2D eigenvalue weighted by molar-refractivity contribution is -0.120. The van der Waals surface area contributed by atoms with Crippen LogP contribution in [0.3, 0.4) is 0 Å². The fourth-order valence-corrected chi connectivity index (χ4v) is 1.12. The molecule has 0 aliphatic rings. The van der Waals surface area contributed by atoms with E-state index in [0.29, 0.717) is 5.56 Å². The van der Waals surface area contributed by atoms with Crippen LogP contribution in [-0.4, -0.2) is 23.6 Å². The minimum absolute atomic E-state index is 0.137. The molecule has 0 saturated heterocycles. The Kier molecular flexibility index (Phi) is 4.43. The molecule has 5 heteroatoms. The first kappa shape index (κ1) is 12.6. The summed E-state index contributed by atoms with van der Waals surface area (Å²) >= 11 is 5.51. The van der Waals surface area contributed by atoms with E-state index >= 15 is 0 Å². The summed E-state index contributed by atoms with van der Waals surface area (Å²) < 4.78 is 12.6. The van der Waals surface area contributed by atoms with Gasteiger partial charge in [0.05, 0.1) is 6.54 Å². The molecule has 1 atom stereocenters. The predicted molar refractivity (Wildman–Crippen MR) is 59.1 cm³/mol. The highest BCUT2D eigenvalue weighted by atomic mass is 35.5. The van der Waals surface area contributed by atoms with Crippen molar-refractivity contribution in [1.29, 1.82) is 0 Å². The van der Waals surface area contributed by atoms with Crippen LogP contribution >= 0.6 is 11.6 Å². The third kappa shape index (κ3) is 3.62. The Balaban J connectivity index is 2.53. The number of hydrogen-bond acceptors (Lipinski definition) is 2. The van der Waals surface area contributed by atoms with Crippen LogP contribution in [0.5, 0.6) is 0 Å². The zero-order valence-electron chi connectivity index (χ0n) is 8.67. The molecule has 1 N–H and O–H groups in total. The molecular weight excluding hydrogens is 233 g/mol. The third-order valence-electron chi connectivity index (χ3n) is 1.95. The van der Waals surface area contributed by atoms with Crippen molar-refractivity contribution in [1.82, 2.24) is 5.32 Å². The Morgan fingerprint density at radius 3 is 2.44 bits per heavy atom. The number of ketones is 1. The van der Waals surface area contributed by atoms with Gasteiger partial charge in [0.1, 0.15) is 11.2 Å². The fraction of sp³-hybridized carbons (Fsp3) is 0.273. The first-order valence-electron chi connectivity index (χ1n) is 4.71. The van der Waals surface area contributed by atoms with Crippen LogP contribution in [0.4, 0.5) is 4.39 Å². The molecule has 3 nitrogen and oxygen atoms in total. The summed E-state index contributed by atoms with van der Waals surface area (Å²) in [4.78, 5) is 22.6. The number of alkyl halides is 1. The minimum Gasteiger partial charge on any atom is -0.347 e. The van der Waals surface area contributed by atoms with Gasteiger partial charge in [-0.1, -0.05) is 0 Å². The molecule has 1 amide bonds. The highest BCUT2D eigenvalue weighted by Crippen LogP contribution is 2.03. The number of hydrogen-bond donors (Lipinski definition) is 1. The number of rotatable bonds is 4. The number of carbonyl (C=O) groups excluding carboxylic acids is 2. The van der Waals surface area contributed by atoms with Gasteiger partial charge in [-0.2, -0.15) is 0 Å². The minimum atomic E-state index is -0.680. The first-order valence-corrected chi connectivity index (χ1v) is 5.15. The third-order valence-corrected chi connectivity index (χ3v) is 2.15. The van der Waals surface area contributed by atoms with Crippen molar-refractivity contribution in [2.24, 2.45) is 0 Å². The second kappa shape index (κ2) is 5.61. The van der Waals surface area contributed by atoms with Crippen LogP contribution in [0, 0.1) is 5.82 Å². The van der Waals surface area contributed by atoms with E-state index in [1.807, 2.05) is 0 Å². The molecule has 86 valence electrons. The van der Waals surface area contributed by atoms with Crippen LogP contribution in [-0.2, 0) is 4.79 Å². The van der Waals surface area contributed by atoms with E-state index in [-0.39, 0.29) is 12.3 Å². The zero-order chi connectivity index (χ0) is 12.1. The van der Waals surface area contributed by atoms with Crippen molar-refractivity contribution in [3.05, 3.63) is 35.6 Å². The second-order valence-electron chi connectivity index (χ2n) is 3.26. The van der Waals surface area contributed by atoms with E-state index in [1.165, 1.54) is 31.2 Å². The van der Waals surface area contributed by atoms with Gasteiger partial charge in [0.15, 0.2) is 5.78 Å². The van der Waals surface area contributed by atoms with Gasteiger partial charge in [0, 0.05) is 5.56 Å². The molecule has 0 saturated carbocycles. The number of halogens is 2. The highest BCUT2D eigenvalue weighted by Gasteiger charge is 2.11. The largest absolute Gasteiger partial charge is 0.347 e. The van der Waals surface area contributed by atoms with Crippen LogP contribution in [0.2, 0.25) is 0 Å². The normalized spacial score (nSPS) is 11.9.